The van der Waals surface area contributed by atoms with Crippen molar-refractivity contribution in [3.05, 3.63) is 0 Å². The van der Waals surface area contributed by atoms with Gasteiger partial charge in [0.25, 0.3) is 0 Å². The summed E-state index contributed by atoms with van der Waals surface area (Å²) in [7, 11) is -0.733. The number of nitrogens with one attached hydrogen (secondary N) is 1. The summed E-state index contributed by atoms with van der Waals surface area (Å²) in [6.07, 6.45) is 16.1. The molecule has 12 heterocycles. The first-order valence-electron chi connectivity index (χ1n) is 53.8. The molecule has 10 N–H and O–H groups in total. The summed E-state index contributed by atoms with van der Waals surface area (Å²) in [5.74, 6) is 8.33. The van der Waals surface area contributed by atoms with Gasteiger partial charge in [-0.15, -0.1) is 0 Å². The number of primary amides is 1. The Morgan fingerprint density at radius 1 is 0.444 bits per heavy atom. The molecule has 786 valence electrons. The van der Waals surface area contributed by atoms with E-state index in [2.05, 4.69) is 194 Å². The minimum atomic E-state index is -2.72. The topological polar surface area (TPSA) is 299 Å². The predicted molar refractivity (Wildman–Crippen MR) is 551 cm³/mol. The van der Waals surface area contributed by atoms with Crippen LogP contribution in [-0.2, 0) is 24.2 Å². The minimum Gasteiger partial charge on any atom is -0.393 e. The van der Waals surface area contributed by atoms with Crippen LogP contribution in [0.1, 0.15) is 269 Å². The van der Waals surface area contributed by atoms with Gasteiger partial charge in [-0.3, -0.25) is 48.8 Å². The number of rotatable bonds is 28. The number of sulfone groups is 1. The highest BCUT2D eigenvalue weighted by Gasteiger charge is 2.46. The smallest absolute Gasteiger partial charge is 0.237 e. The number of piperazine rings is 1. The predicted octanol–water partition coefficient (Wildman–Crippen LogP) is 9.61. The van der Waals surface area contributed by atoms with E-state index in [0.29, 0.717) is 72.2 Å². The first-order valence-corrected chi connectivity index (χ1v) is 55.6. The van der Waals surface area contributed by atoms with Crippen LogP contribution in [0.4, 0.5) is 0 Å². The lowest BCUT2D eigenvalue weighted by molar-refractivity contribution is -0.131. The van der Waals surface area contributed by atoms with Gasteiger partial charge in [0, 0.05) is 207 Å². The number of carbonyl (C=O) groups is 2. The van der Waals surface area contributed by atoms with E-state index in [0.717, 1.165) is 263 Å². The maximum Gasteiger partial charge on any atom is 0.237 e. The van der Waals surface area contributed by atoms with Crippen molar-refractivity contribution in [2.24, 2.45) is 76.7 Å². The molecule has 2 amide bonds. The van der Waals surface area contributed by atoms with Crippen LogP contribution in [0.5, 0.6) is 0 Å². The van der Waals surface area contributed by atoms with Crippen molar-refractivity contribution in [1.82, 2.24) is 69.0 Å². The summed E-state index contributed by atoms with van der Waals surface area (Å²) in [5.41, 5.74) is 2.49. The maximum absolute atomic E-state index is 11.3. The molecule has 12 saturated heterocycles. The molecule has 0 bridgehead atoms. The lowest BCUT2D eigenvalue weighted by atomic mass is 9.83. The summed E-state index contributed by atoms with van der Waals surface area (Å²) >= 11 is 0. The summed E-state index contributed by atoms with van der Waals surface area (Å²) in [4.78, 5) is 54.1. The fourth-order valence-corrected chi connectivity index (χ4v) is 22.7. The van der Waals surface area contributed by atoms with Crippen LogP contribution in [0.3, 0.4) is 0 Å². The lowest BCUT2D eigenvalue weighted by Gasteiger charge is -2.49. The van der Waals surface area contributed by atoms with E-state index in [9.17, 15) is 48.6 Å². The monoisotopic (exact) mass is 1910 g/mol. The van der Waals surface area contributed by atoms with E-state index in [4.69, 9.17) is 15.6 Å². The number of likely N-dealkylation sites (N-methyl/N-ethyl adjacent to an activating group) is 1. The summed E-state index contributed by atoms with van der Waals surface area (Å²) in [6.45, 7) is 90.3. The molecule has 0 radical (unpaired) electrons. The van der Waals surface area contributed by atoms with Gasteiger partial charge in [0.05, 0.1) is 78.0 Å². The number of likely N-dealkylation sites (tertiary alicyclic amines) is 9. The Morgan fingerprint density at radius 3 is 1.24 bits per heavy atom. The quantitative estimate of drug-likeness (QED) is 0.0352. The zero-order valence-electron chi connectivity index (χ0n) is 90.3. The molecular weight excluding hydrogens is 1700 g/mol. The van der Waals surface area contributed by atoms with E-state index in [-0.39, 0.29) is 42.1 Å². The van der Waals surface area contributed by atoms with Gasteiger partial charge in [-0.05, 0) is 256 Å². The molecule has 28 heteroatoms. The second-order valence-corrected chi connectivity index (χ2v) is 50.8. The highest BCUT2D eigenvalue weighted by atomic mass is 32.2. The van der Waals surface area contributed by atoms with Gasteiger partial charge in [-0.25, -0.2) is 8.42 Å². The maximum atomic E-state index is 11.3. The molecule has 0 spiro atoms. The minimum absolute atomic E-state index is 0.00432. The Bertz CT molecular complexity index is 3190. The zero-order chi connectivity index (χ0) is 99.4. The second-order valence-electron chi connectivity index (χ2n) is 48.5. The molecule has 0 aromatic rings. The summed E-state index contributed by atoms with van der Waals surface area (Å²) in [6, 6.07) is 2.50. The molecule has 133 heavy (non-hydrogen) atoms. The molecule has 0 aromatic heterocycles. The van der Waals surface area contributed by atoms with Gasteiger partial charge in [0.15, 0.2) is 9.84 Å². The number of aliphatic hydroxyl groups excluding tert-OH is 3. The van der Waals surface area contributed by atoms with Gasteiger partial charge in [0.1, 0.15) is 0 Å². The molecule has 1 saturated carbocycles. The number of aliphatic hydroxyl groups is 7. The summed E-state index contributed by atoms with van der Waals surface area (Å²) < 4.78 is 28.0. The van der Waals surface area contributed by atoms with E-state index in [1.54, 1.807) is 13.8 Å². The van der Waals surface area contributed by atoms with Crippen LogP contribution in [0.2, 0.25) is 0 Å². The second kappa shape index (κ2) is 60.0. The molecule has 12 aliphatic heterocycles. The molecule has 0 aromatic carbocycles. The third-order valence-electron chi connectivity index (χ3n) is 29.5. The highest BCUT2D eigenvalue weighted by Crippen LogP contribution is 2.45. The average Bonchev–Trinajstić information content (AvgIpc) is 1.77. The van der Waals surface area contributed by atoms with Crippen molar-refractivity contribution in [3.63, 3.8) is 0 Å². The largest absolute Gasteiger partial charge is 0.393 e. The number of amides is 2. The van der Waals surface area contributed by atoms with Crippen LogP contribution in [-0.4, -0.2) is 445 Å². The number of morpholine rings is 1. The van der Waals surface area contributed by atoms with Crippen LogP contribution in [0.25, 0.3) is 0 Å². The van der Waals surface area contributed by atoms with Crippen LogP contribution in [0, 0.1) is 71.0 Å². The Labute approximate surface area is 815 Å². The number of hydrogen-bond donors (Lipinski definition) is 9. The SMILES string of the molecule is CC(C)CN1CC(N(C)C(C)(C)C(N)=O)C1.CC(C)CN1CC(N2CCNC(=O)C2)C1.CC(C)CN1CC(N2CCOCC2)C1.CC(C)CN1CC(N2CCS(=O)(=O)CC2)C1.CC(C)CN1CCC(O)C(C(C)(C)O)CC1.CC(C)CN1CCCC(C(C)(C)O)CC1.CC(C)CN1CCCC(O)(C2CC2)CC1.CC(C)CN1CCCC(O)(CO)CC1.CC(C)CN1CCCC(O)CC1. The number of hydrogen-bond acceptors (Lipinski definition) is 25. The standard InChI is InChI=1S/C13H27NO2.C13H25NO.C13H27NO.C12H25N3O.C11H21N3O.C11H22N2O2S.C11H22N2O.C11H23NO2.C10H21NO/c1-10(2)9-14-7-5-11(13(3,4)16)12(15)6-8-14;1-11(2)10-14-8-3-6-13(15,7-9-14)12-4-5-12;1-11(2)10-14-8-5-6-12(7-9-14)13(3,4)15;1-9(2)6-15-7-10(8-15)14(5)12(3,4)11(13)16;1-9(2)5-13-6-10(7-13)14-4-3-12-11(15)8-14;1-10(2)7-12-8-11(9-12)13-3-5-16(14,15)6-4-13;1-10(2)7-12-8-11(9-12)13-3-5-14-6-4-13;1-10(2)8-12-6-3-4-11(14,9-13)5-7-12;1-9(2)8-11-6-3-4-10(12)5-7-11/h10-12,15-16H,5-9H2,1-4H3;11-12,15H,3-10H2,1-2H3;11-12,15H,5-10H2,1-4H3;9-10H,6-8H2,1-5H3,(H2,13,16);9-10H,3-8H2,1-2H3,(H,12,15);10-11H,3-9H2,1-2H3;10-11H,3-9H2,1-2H3;10,13-14H,3-9H2,1-2H3;9-10,12H,3-8H2,1-2H3. The molecule has 13 rings (SSSR count). The van der Waals surface area contributed by atoms with E-state index < -0.39 is 32.2 Å². The molecule has 1 aliphatic carbocycles. The normalized spacial score (nSPS) is 27.4. The highest BCUT2D eigenvalue weighted by molar-refractivity contribution is 7.91. The number of carbonyl (C=O) groups excluding carboxylic acids is 2. The van der Waals surface area contributed by atoms with Gasteiger partial charge in [-0.1, -0.05) is 125 Å². The van der Waals surface area contributed by atoms with Gasteiger partial charge >= 0.3 is 0 Å². The molecular formula is C105H213N15O12S. The Kier molecular flexibility index (Phi) is 54.8. The van der Waals surface area contributed by atoms with Crippen molar-refractivity contribution in [2.75, 3.05) is 261 Å². The molecule has 13 fully saturated rings. The fraction of sp³-hybridized carbons (Fsp3) is 0.981. The lowest BCUT2D eigenvalue weighted by Crippen LogP contribution is -2.66. The van der Waals surface area contributed by atoms with Gasteiger partial charge in [-0.2, -0.15) is 0 Å². The van der Waals surface area contributed by atoms with Crippen LogP contribution < -0.4 is 11.1 Å². The third-order valence-corrected chi connectivity index (χ3v) is 31.1. The summed E-state index contributed by atoms with van der Waals surface area (Å²) in [5, 5.41) is 71.9. The third kappa shape index (κ3) is 48.3. The van der Waals surface area contributed by atoms with Gasteiger partial charge < -0.3 is 76.0 Å². The van der Waals surface area contributed by atoms with E-state index in [1.165, 1.54) is 104 Å². The number of nitrogens with two attached hydrogens (primary N) is 1. The first-order chi connectivity index (χ1) is 62.1. The van der Waals surface area contributed by atoms with Crippen molar-refractivity contribution in [2.45, 2.75) is 333 Å². The first kappa shape index (κ1) is 122. The van der Waals surface area contributed by atoms with Crippen molar-refractivity contribution in [1.29, 1.82) is 0 Å². The average molecular weight is 1910 g/mol. The molecule has 13 aliphatic rings. The van der Waals surface area contributed by atoms with Crippen molar-refractivity contribution < 1.29 is 58.5 Å². The Balaban J connectivity index is 0.000000265. The van der Waals surface area contributed by atoms with Gasteiger partial charge in [0.2, 0.25) is 11.8 Å². The zero-order valence-corrected chi connectivity index (χ0v) is 91.1. The van der Waals surface area contributed by atoms with Crippen molar-refractivity contribution >= 4 is 21.7 Å². The van der Waals surface area contributed by atoms with Crippen LogP contribution in [0.15, 0.2) is 0 Å². The number of ether oxygens (including phenoxy) is 1. The Hall–Kier alpha value is -1.95. The van der Waals surface area contributed by atoms with E-state index >= 15 is 0 Å². The van der Waals surface area contributed by atoms with Crippen LogP contribution >= 0.6 is 0 Å². The molecule has 6 unspecified atom stereocenters. The fourth-order valence-electron chi connectivity index (χ4n) is 21.5. The molecule has 6 atom stereocenters. The molecule has 27 nitrogen and oxygen atoms in total. The number of nitrogens with zero attached hydrogens (tertiary/aromatic N) is 13. The Morgan fingerprint density at radius 2 is 0.820 bits per heavy atom. The van der Waals surface area contributed by atoms with E-state index in [1.807, 2.05) is 34.7 Å². The van der Waals surface area contributed by atoms with Crippen molar-refractivity contribution in [3.8, 4) is 0 Å².